The highest BCUT2D eigenvalue weighted by Gasteiger charge is 2.19. The van der Waals surface area contributed by atoms with Gasteiger partial charge in [-0.15, -0.1) is 0 Å². The quantitative estimate of drug-likeness (QED) is 0.640. The molecule has 0 aromatic carbocycles. The van der Waals surface area contributed by atoms with Gasteiger partial charge in [0.1, 0.15) is 5.92 Å². The fourth-order valence-corrected chi connectivity index (χ4v) is 0.683. The van der Waals surface area contributed by atoms with Crippen LogP contribution in [0, 0.1) is 17.2 Å². The van der Waals surface area contributed by atoms with Gasteiger partial charge in [0, 0.05) is 7.05 Å². The Labute approximate surface area is 69.6 Å². The van der Waals surface area contributed by atoms with Crippen LogP contribution in [0.15, 0.2) is 0 Å². The molecule has 1 amide bonds. The standard InChI is InChI=1S/C7H10F2N2O/c1-5(3-10)7(12)11(2)4-6(8)9/h5-6H,4H2,1-2H3. The summed E-state index contributed by atoms with van der Waals surface area (Å²) in [7, 11) is 1.25. The van der Waals surface area contributed by atoms with Crippen molar-refractivity contribution in [3.8, 4) is 6.07 Å². The number of amides is 1. The maximum atomic E-state index is 11.7. The van der Waals surface area contributed by atoms with E-state index in [1.807, 2.05) is 0 Å². The minimum absolute atomic E-state index is 0.571. The van der Waals surface area contributed by atoms with Gasteiger partial charge in [-0.25, -0.2) is 8.78 Å². The SMILES string of the molecule is CC(C#N)C(=O)N(C)CC(F)F. The summed E-state index contributed by atoms with van der Waals surface area (Å²) in [5.74, 6) is -1.42. The first kappa shape index (κ1) is 10.8. The first-order chi connectivity index (χ1) is 5.49. The Bertz CT molecular complexity index is 200. The molecule has 3 nitrogen and oxygen atoms in total. The summed E-state index contributed by atoms with van der Waals surface area (Å²) in [4.78, 5) is 11.8. The molecule has 1 atom stereocenters. The monoisotopic (exact) mass is 176 g/mol. The molecule has 0 spiro atoms. The van der Waals surface area contributed by atoms with Gasteiger partial charge in [-0.2, -0.15) is 5.26 Å². The average Bonchev–Trinajstić information content (AvgIpc) is 2.00. The van der Waals surface area contributed by atoms with Crippen LogP contribution in [0.2, 0.25) is 0 Å². The van der Waals surface area contributed by atoms with E-state index in [9.17, 15) is 13.6 Å². The Morgan fingerprint density at radius 3 is 2.50 bits per heavy atom. The molecule has 0 aliphatic carbocycles. The lowest BCUT2D eigenvalue weighted by Crippen LogP contribution is -2.34. The normalized spacial score (nSPS) is 12.3. The minimum Gasteiger partial charge on any atom is -0.339 e. The zero-order valence-corrected chi connectivity index (χ0v) is 6.92. The molecule has 0 aliphatic heterocycles. The highest BCUT2D eigenvalue weighted by molar-refractivity contribution is 5.80. The minimum atomic E-state index is -2.55. The van der Waals surface area contributed by atoms with Gasteiger partial charge in [0.15, 0.2) is 0 Å². The van der Waals surface area contributed by atoms with E-state index >= 15 is 0 Å². The summed E-state index contributed by atoms with van der Waals surface area (Å²) in [5, 5.41) is 8.30. The van der Waals surface area contributed by atoms with Crippen LogP contribution in [0.1, 0.15) is 6.92 Å². The average molecular weight is 176 g/mol. The number of hydrogen-bond acceptors (Lipinski definition) is 2. The second kappa shape index (κ2) is 4.65. The number of carbonyl (C=O) groups is 1. The van der Waals surface area contributed by atoms with E-state index in [1.54, 1.807) is 6.07 Å². The van der Waals surface area contributed by atoms with Crippen molar-refractivity contribution in [1.29, 1.82) is 5.26 Å². The van der Waals surface area contributed by atoms with Crippen LogP contribution in [0.4, 0.5) is 8.78 Å². The number of nitriles is 1. The van der Waals surface area contributed by atoms with Gasteiger partial charge in [0.05, 0.1) is 12.6 Å². The highest BCUT2D eigenvalue weighted by Crippen LogP contribution is 2.02. The fraction of sp³-hybridized carbons (Fsp3) is 0.714. The van der Waals surface area contributed by atoms with Gasteiger partial charge in [0.25, 0.3) is 6.43 Å². The number of halogens is 2. The molecule has 0 bridgehead atoms. The molecule has 0 saturated heterocycles. The van der Waals surface area contributed by atoms with Crippen LogP contribution in [0.5, 0.6) is 0 Å². The third-order valence-electron chi connectivity index (χ3n) is 1.35. The molecule has 0 saturated carbocycles. The molecule has 0 rings (SSSR count). The molecule has 0 heterocycles. The maximum Gasteiger partial charge on any atom is 0.255 e. The van der Waals surface area contributed by atoms with Gasteiger partial charge < -0.3 is 4.90 Å². The van der Waals surface area contributed by atoms with E-state index in [4.69, 9.17) is 5.26 Å². The molecule has 12 heavy (non-hydrogen) atoms. The van der Waals surface area contributed by atoms with Gasteiger partial charge >= 0.3 is 0 Å². The zero-order chi connectivity index (χ0) is 9.72. The molecule has 0 radical (unpaired) electrons. The predicted octanol–water partition coefficient (Wildman–Crippen LogP) is 0.870. The lowest BCUT2D eigenvalue weighted by molar-refractivity contribution is -0.133. The van der Waals surface area contributed by atoms with Crippen molar-refractivity contribution in [3.63, 3.8) is 0 Å². The smallest absolute Gasteiger partial charge is 0.255 e. The summed E-state index contributed by atoms with van der Waals surface area (Å²) in [5.41, 5.74) is 0. The molecular formula is C7H10F2N2O. The fourth-order valence-electron chi connectivity index (χ4n) is 0.683. The Balaban J connectivity index is 4.03. The van der Waals surface area contributed by atoms with Crippen LogP contribution >= 0.6 is 0 Å². The largest absolute Gasteiger partial charge is 0.339 e. The topological polar surface area (TPSA) is 44.1 Å². The number of alkyl halides is 2. The summed E-state index contributed by atoms with van der Waals surface area (Å²) in [6.45, 7) is 0.759. The number of nitrogens with zero attached hydrogens (tertiary/aromatic N) is 2. The highest BCUT2D eigenvalue weighted by atomic mass is 19.3. The van der Waals surface area contributed by atoms with Crippen LogP contribution in [0.25, 0.3) is 0 Å². The second-order valence-corrected chi connectivity index (χ2v) is 2.46. The van der Waals surface area contributed by atoms with Crippen molar-refractivity contribution >= 4 is 5.91 Å². The van der Waals surface area contributed by atoms with Crippen LogP contribution in [0.3, 0.4) is 0 Å². The Morgan fingerprint density at radius 2 is 2.17 bits per heavy atom. The van der Waals surface area contributed by atoms with E-state index in [0.29, 0.717) is 0 Å². The van der Waals surface area contributed by atoms with Gasteiger partial charge in [-0.1, -0.05) is 0 Å². The first-order valence-electron chi connectivity index (χ1n) is 3.41. The van der Waals surface area contributed by atoms with Crippen molar-refractivity contribution in [1.82, 2.24) is 4.90 Å². The van der Waals surface area contributed by atoms with Gasteiger partial charge in [-0.05, 0) is 6.92 Å². The van der Waals surface area contributed by atoms with Crippen molar-refractivity contribution in [3.05, 3.63) is 0 Å². The Kier molecular flexibility index (Phi) is 4.19. The first-order valence-corrected chi connectivity index (χ1v) is 3.41. The summed E-state index contributed by atoms with van der Waals surface area (Å²) in [6, 6.07) is 1.68. The van der Waals surface area contributed by atoms with Crippen molar-refractivity contribution in [2.24, 2.45) is 5.92 Å². The number of hydrogen-bond donors (Lipinski definition) is 0. The molecule has 5 heteroatoms. The maximum absolute atomic E-state index is 11.7. The molecule has 0 N–H and O–H groups in total. The van der Waals surface area contributed by atoms with E-state index in [-0.39, 0.29) is 0 Å². The van der Waals surface area contributed by atoms with Gasteiger partial charge in [0.2, 0.25) is 5.91 Å². The van der Waals surface area contributed by atoms with E-state index in [1.165, 1.54) is 14.0 Å². The summed E-state index contributed by atoms with van der Waals surface area (Å²) in [6.07, 6.45) is -2.55. The lowest BCUT2D eigenvalue weighted by atomic mass is 10.2. The zero-order valence-electron chi connectivity index (χ0n) is 6.92. The van der Waals surface area contributed by atoms with E-state index in [2.05, 4.69) is 0 Å². The molecule has 0 aromatic heterocycles. The van der Waals surface area contributed by atoms with Crippen molar-refractivity contribution in [2.75, 3.05) is 13.6 Å². The van der Waals surface area contributed by atoms with Gasteiger partial charge in [-0.3, -0.25) is 4.79 Å². The lowest BCUT2D eigenvalue weighted by Gasteiger charge is -2.17. The Morgan fingerprint density at radius 1 is 1.67 bits per heavy atom. The van der Waals surface area contributed by atoms with Crippen LogP contribution in [-0.2, 0) is 4.79 Å². The number of rotatable bonds is 3. The third kappa shape index (κ3) is 3.28. The molecular weight excluding hydrogens is 166 g/mol. The Hall–Kier alpha value is -1.18. The molecule has 0 aromatic rings. The van der Waals surface area contributed by atoms with Crippen molar-refractivity contribution < 1.29 is 13.6 Å². The van der Waals surface area contributed by atoms with Crippen molar-refractivity contribution in [2.45, 2.75) is 13.3 Å². The summed E-state index contributed by atoms with van der Waals surface area (Å²) >= 11 is 0. The van der Waals surface area contributed by atoms with E-state index < -0.39 is 24.8 Å². The number of carbonyl (C=O) groups excluding carboxylic acids is 1. The molecule has 1 unspecified atom stereocenters. The second-order valence-electron chi connectivity index (χ2n) is 2.46. The third-order valence-corrected chi connectivity index (χ3v) is 1.35. The summed E-state index contributed by atoms with van der Waals surface area (Å²) < 4.78 is 23.5. The predicted molar refractivity (Wildman–Crippen MR) is 38.4 cm³/mol. The van der Waals surface area contributed by atoms with Crippen LogP contribution in [-0.4, -0.2) is 30.8 Å². The molecule has 68 valence electrons. The molecule has 0 fully saturated rings. The van der Waals surface area contributed by atoms with Crippen LogP contribution < -0.4 is 0 Å². The molecule has 0 aliphatic rings. The van der Waals surface area contributed by atoms with E-state index in [0.717, 1.165) is 4.90 Å².